The summed E-state index contributed by atoms with van der Waals surface area (Å²) < 4.78 is 34.8. The van der Waals surface area contributed by atoms with Gasteiger partial charge in [0.1, 0.15) is 23.7 Å². The summed E-state index contributed by atoms with van der Waals surface area (Å²) in [5, 5.41) is 3.83. The third-order valence-electron chi connectivity index (χ3n) is 12.0. The van der Waals surface area contributed by atoms with Crippen LogP contribution in [0.5, 0.6) is 11.5 Å². The molecule has 0 N–H and O–H groups in total. The van der Waals surface area contributed by atoms with Crippen molar-refractivity contribution in [2.24, 2.45) is 11.8 Å². The minimum Gasteiger partial charge on any atom is -0.494 e. The summed E-state index contributed by atoms with van der Waals surface area (Å²) in [6.45, 7) is 12.5. The maximum Gasteiger partial charge on any atom is 0.338 e. The van der Waals surface area contributed by atoms with Crippen molar-refractivity contribution in [1.82, 2.24) is 0 Å². The number of rotatable bonds is 22. The SMILES string of the molecule is C=C(C)C(=O)OCCCCCCOc1ccc2cc(C(=O)O[C@H]3CC[C@H](OC(=O)c4ccc5cc(OCCCCCCOC(=O)C(=C)C)ccc5c4)[C@H]4CCCC[C@H]43)ccc2c1. The minimum atomic E-state index is -0.342. The van der Waals surface area contributed by atoms with E-state index in [1.54, 1.807) is 13.8 Å². The molecular weight excluding hydrogens is 785 g/mol. The molecule has 2 aliphatic rings. The first-order valence-corrected chi connectivity index (χ1v) is 22.5. The van der Waals surface area contributed by atoms with E-state index in [1.807, 2.05) is 72.8 Å². The molecule has 62 heavy (non-hydrogen) atoms. The van der Waals surface area contributed by atoms with E-state index < -0.39 is 0 Å². The second-order valence-electron chi connectivity index (χ2n) is 16.9. The van der Waals surface area contributed by atoms with Gasteiger partial charge in [-0.1, -0.05) is 50.3 Å². The Morgan fingerprint density at radius 3 is 1.26 bits per heavy atom. The smallest absolute Gasteiger partial charge is 0.338 e. The molecule has 0 unspecified atom stereocenters. The second kappa shape index (κ2) is 23.0. The number of fused-ring (bicyclic) bond motifs is 3. The van der Waals surface area contributed by atoms with Crippen molar-refractivity contribution in [3.63, 3.8) is 0 Å². The lowest BCUT2D eigenvalue weighted by Crippen LogP contribution is -2.46. The molecule has 2 saturated carbocycles. The highest BCUT2D eigenvalue weighted by Crippen LogP contribution is 2.44. The van der Waals surface area contributed by atoms with Gasteiger partial charge in [0.15, 0.2) is 0 Å². The zero-order valence-corrected chi connectivity index (χ0v) is 36.5. The molecule has 6 rings (SSSR count). The van der Waals surface area contributed by atoms with E-state index in [1.165, 1.54) is 0 Å². The van der Waals surface area contributed by atoms with E-state index in [2.05, 4.69) is 13.2 Å². The second-order valence-corrected chi connectivity index (χ2v) is 16.9. The summed E-state index contributed by atoms with van der Waals surface area (Å²) in [4.78, 5) is 50.1. The third-order valence-corrected chi connectivity index (χ3v) is 12.0. The van der Waals surface area contributed by atoms with Crippen LogP contribution in [0, 0.1) is 11.8 Å². The summed E-state index contributed by atoms with van der Waals surface area (Å²) in [5.74, 6) is 0.500. The van der Waals surface area contributed by atoms with Gasteiger partial charge < -0.3 is 28.4 Å². The average Bonchev–Trinajstić information content (AvgIpc) is 3.28. The highest BCUT2D eigenvalue weighted by Gasteiger charge is 2.44. The zero-order chi connectivity index (χ0) is 43.8. The maximum atomic E-state index is 13.6. The molecule has 0 saturated heterocycles. The van der Waals surface area contributed by atoms with Gasteiger partial charge in [0, 0.05) is 23.0 Å². The first-order valence-electron chi connectivity index (χ1n) is 22.5. The van der Waals surface area contributed by atoms with Crippen LogP contribution in [0.25, 0.3) is 21.5 Å². The van der Waals surface area contributed by atoms with E-state index in [4.69, 9.17) is 28.4 Å². The molecule has 0 spiro atoms. The van der Waals surface area contributed by atoms with Gasteiger partial charge in [-0.15, -0.1) is 0 Å². The lowest BCUT2D eigenvalue weighted by Gasteiger charge is -2.44. The van der Waals surface area contributed by atoms with Gasteiger partial charge in [-0.3, -0.25) is 0 Å². The van der Waals surface area contributed by atoms with Crippen LogP contribution in [-0.4, -0.2) is 62.5 Å². The molecular formula is C52H62O10. The van der Waals surface area contributed by atoms with Crippen LogP contribution in [0.1, 0.15) is 124 Å². The van der Waals surface area contributed by atoms with Crippen LogP contribution in [0.2, 0.25) is 0 Å². The fourth-order valence-corrected chi connectivity index (χ4v) is 8.52. The monoisotopic (exact) mass is 846 g/mol. The number of esters is 4. The molecule has 330 valence electrons. The standard InChI is InChI=1S/C52H62O10/c1-35(2)49(53)59-29-13-7-5-11-27-57-43-23-21-37-31-41(19-17-39(37)33-43)51(55)61-47-25-26-48(46-16-10-9-15-45(46)47)62-52(56)42-20-18-40-34-44(24-22-38(40)32-42)58-28-12-6-8-14-30-60-50(54)36(3)4/h17-24,31-34,45-48H,1,3,5-16,25-30H2,2,4H3/t45-,46+,47-,48-/m0/s1. The Morgan fingerprint density at radius 1 is 0.484 bits per heavy atom. The third kappa shape index (κ3) is 13.2. The fraction of sp³-hybridized carbons (Fsp3) is 0.462. The lowest BCUT2D eigenvalue weighted by atomic mass is 9.68. The number of unbranched alkanes of at least 4 members (excludes halogenated alkanes) is 6. The van der Waals surface area contributed by atoms with Gasteiger partial charge in [0.2, 0.25) is 0 Å². The summed E-state index contributed by atoms with van der Waals surface area (Å²) in [6, 6.07) is 23.0. The molecule has 10 heteroatoms. The Kier molecular flexibility index (Phi) is 17.0. The number of hydrogen-bond donors (Lipinski definition) is 0. The number of carbonyl (C=O) groups excluding carboxylic acids is 4. The molecule has 4 atom stereocenters. The van der Waals surface area contributed by atoms with Crippen LogP contribution in [-0.2, 0) is 28.5 Å². The van der Waals surface area contributed by atoms with Gasteiger partial charge in [0.25, 0.3) is 0 Å². The first-order chi connectivity index (χ1) is 30.0. The van der Waals surface area contributed by atoms with Crippen LogP contribution >= 0.6 is 0 Å². The van der Waals surface area contributed by atoms with E-state index >= 15 is 0 Å². The molecule has 4 aromatic rings. The highest BCUT2D eigenvalue weighted by atomic mass is 16.6. The largest absolute Gasteiger partial charge is 0.494 e. The Bertz CT molecular complexity index is 2050. The Morgan fingerprint density at radius 2 is 0.855 bits per heavy atom. The Hall–Kier alpha value is -5.64. The van der Waals surface area contributed by atoms with Gasteiger partial charge in [0.05, 0.1) is 37.6 Å². The molecule has 2 fully saturated rings. The molecule has 0 radical (unpaired) electrons. The average molecular weight is 847 g/mol. The predicted octanol–water partition coefficient (Wildman–Crippen LogP) is 11.5. The number of benzene rings is 4. The van der Waals surface area contributed by atoms with Crippen molar-refractivity contribution in [2.45, 2.75) is 116 Å². The molecule has 0 aromatic heterocycles. The van der Waals surface area contributed by atoms with Gasteiger partial charge in [-0.05, 0) is 161 Å². The van der Waals surface area contributed by atoms with Crippen molar-refractivity contribution in [3.05, 3.63) is 108 Å². The van der Waals surface area contributed by atoms with Crippen molar-refractivity contribution in [1.29, 1.82) is 0 Å². The maximum absolute atomic E-state index is 13.6. The molecule has 0 aliphatic heterocycles. The van der Waals surface area contributed by atoms with Crippen LogP contribution < -0.4 is 9.47 Å². The van der Waals surface area contributed by atoms with Gasteiger partial charge >= 0.3 is 23.9 Å². The molecule has 0 heterocycles. The van der Waals surface area contributed by atoms with Crippen molar-refractivity contribution < 1.29 is 47.6 Å². The topological polar surface area (TPSA) is 124 Å². The lowest BCUT2D eigenvalue weighted by molar-refractivity contribution is -0.139. The Balaban J connectivity index is 0.939. The summed E-state index contributed by atoms with van der Waals surface area (Å²) in [7, 11) is 0. The van der Waals surface area contributed by atoms with E-state index in [0.29, 0.717) is 61.5 Å². The number of ether oxygens (including phenoxy) is 6. The van der Waals surface area contributed by atoms with Crippen LogP contribution in [0.15, 0.2) is 97.1 Å². The summed E-state index contributed by atoms with van der Waals surface area (Å²) in [5.41, 5.74) is 1.87. The minimum absolute atomic E-state index is 0.139. The van der Waals surface area contributed by atoms with Crippen molar-refractivity contribution in [2.75, 3.05) is 26.4 Å². The van der Waals surface area contributed by atoms with Crippen molar-refractivity contribution >= 4 is 45.4 Å². The Labute approximate surface area is 365 Å². The summed E-state index contributed by atoms with van der Waals surface area (Å²) in [6.07, 6.45) is 12.1. The van der Waals surface area contributed by atoms with E-state index in [9.17, 15) is 19.2 Å². The molecule has 10 nitrogen and oxygen atoms in total. The molecule has 4 aromatic carbocycles. The van der Waals surface area contributed by atoms with E-state index in [-0.39, 0.29) is 47.9 Å². The van der Waals surface area contributed by atoms with Gasteiger partial charge in [-0.25, -0.2) is 19.2 Å². The summed E-state index contributed by atoms with van der Waals surface area (Å²) >= 11 is 0. The zero-order valence-electron chi connectivity index (χ0n) is 36.5. The normalized spacial score (nSPS) is 18.3. The van der Waals surface area contributed by atoms with Crippen molar-refractivity contribution in [3.8, 4) is 11.5 Å². The van der Waals surface area contributed by atoms with Crippen LogP contribution in [0.4, 0.5) is 0 Å². The van der Waals surface area contributed by atoms with Crippen LogP contribution in [0.3, 0.4) is 0 Å². The van der Waals surface area contributed by atoms with Gasteiger partial charge in [-0.2, -0.15) is 0 Å². The quantitative estimate of drug-likeness (QED) is 0.0327. The number of carbonyl (C=O) groups is 4. The molecule has 0 amide bonds. The fourth-order valence-electron chi connectivity index (χ4n) is 8.52. The number of hydrogen-bond acceptors (Lipinski definition) is 10. The predicted molar refractivity (Wildman–Crippen MR) is 240 cm³/mol. The molecule has 2 aliphatic carbocycles. The highest BCUT2D eigenvalue weighted by molar-refractivity contribution is 5.97. The van der Waals surface area contributed by atoms with E-state index in [0.717, 1.165) is 110 Å². The first kappa shape index (κ1) is 45.9. The molecule has 0 bridgehead atoms.